The SMILES string of the molecule is Nc1ccc2nc(SC3CCS(=O)(=O)C3)[nH]c2c1. The molecule has 0 saturated carbocycles. The highest BCUT2D eigenvalue weighted by atomic mass is 32.2. The molecule has 0 radical (unpaired) electrons. The van der Waals surface area contributed by atoms with Crippen molar-refractivity contribution in [2.45, 2.75) is 16.8 Å². The first-order valence-corrected chi connectivity index (χ1v) is 8.34. The first-order valence-electron chi connectivity index (χ1n) is 5.64. The number of aromatic nitrogens is 2. The number of sulfone groups is 1. The summed E-state index contributed by atoms with van der Waals surface area (Å²) in [4.78, 5) is 7.59. The van der Waals surface area contributed by atoms with E-state index < -0.39 is 9.84 Å². The third-order valence-electron chi connectivity index (χ3n) is 2.95. The molecule has 18 heavy (non-hydrogen) atoms. The van der Waals surface area contributed by atoms with Crippen LogP contribution in [-0.2, 0) is 9.84 Å². The van der Waals surface area contributed by atoms with Crippen molar-refractivity contribution in [1.29, 1.82) is 0 Å². The molecular formula is C11H13N3O2S2. The Labute approximate surface area is 109 Å². The predicted octanol–water partition coefficient (Wildman–Crippen LogP) is 1.42. The number of nitrogens with two attached hydrogens (primary N) is 1. The Morgan fingerprint density at radius 2 is 2.28 bits per heavy atom. The fraction of sp³-hybridized carbons (Fsp3) is 0.364. The zero-order valence-corrected chi connectivity index (χ0v) is 11.2. The van der Waals surface area contributed by atoms with Gasteiger partial charge in [-0.05, 0) is 24.6 Å². The van der Waals surface area contributed by atoms with Crippen molar-refractivity contribution in [1.82, 2.24) is 9.97 Å². The van der Waals surface area contributed by atoms with Crippen molar-refractivity contribution >= 4 is 38.3 Å². The lowest BCUT2D eigenvalue weighted by Crippen LogP contribution is -2.06. The smallest absolute Gasteiger partial charge is 0.166 e. The molecular weight excluding hydrogens is 270 g/mol. The van der Waals surface area contributed by atoms with Crippen LogP contribution < -0.4 is 5.73 Å². The lowest BCUT2D eigenvalue weighted by molar-refractivity contribution is 0.602. The first kappa shape index (κ1) is 11.9. The van der Waals surface area contributed by atoms with Gasteiger partial charge in [0.2, 0.25) is 0 Å². The summed E-state index contributed by atoms with van der Waals surface area (Å²) in [5.41, 5.74) is 8.13. The minimum absolute atomic E-state index is 0.105. The monoisotopic (exact) mass is 283 g/mol. The van der Waals surface area contributed by atoms with Crippen LogP contribution in [0, 0.1) is 0 Å². The van der Waals surface area contributed by atoms with Gasteiger partial charge in [-0.2, -0.15) is 0 Å². The molecule has 2 aromatic rings. The number of imidazole rings is 1. The molecule has 1 aromatic heterocycles. The summed E-state index contributed by atoms with van der Waals surface area (Å²) in [6, 6.07) is 5.49. The average Bonchev–Trinajstić information content (AvgIpc) is 2.81. The van der Waals surface area contributed by atoms with E-state index in [1.54, 1.807) is 6.07 Å². The van der Waals surface area contributed by atoms with Gasteiger partial charge in [0.1, 0.15) is 0 Å². The van der Waals surface area contributed by atoms with Gasteiger partial charge in [-0.25, -0.2) is 13.4 Å². The van der Waals surface area contributed by atoms with Crippen LogP contribution in [0.3, 0.4) is 0 Å². The van der Waals surface area contributed by atoms with Crippen molar-refractivity contribution in [3.8, 4) is 0 Å². The molecule has 0 spiro atoms. The van der Waals surface area contributed by atoms with Gasteiger partial charge in [0.25, 0.3) is 0 Å². The molecule has 5 nitrogen and oxygen atoms in total. The van der Waals surface area contributed by atoms with E-state index in [0.717, 1.165) is 16.2 Å². The number of benzene rings is 1. The molecule has 0 aliphatic carbocycles. The topological polar surface area (TPSA) is 88.8 Å². The van der Waals surface area contributed by atoms with Crippen LogP contribution in [0.2, 0.25) is 0 Å². The number of nitrogens with one attached hydrogen (secondary N) is 1. The van der Waals surface area contributed by atoms with Crippen molar-refractivity contribution in [3.05, 3.63) is 18.2 Å². The summed E-state index contributed by atoms with van der Waals surface area (Å²) < 4.78 is 22.8. The number of thioether (sulfide) groups is 1. The Kier molecular flexibility index (Phi) is 2.74. The summed E-state index contributed by atoms with van der Waals surface area (Å²) >= 11 is 1.50. The van der Waals surface area contributed by atoms with E-state index in [1.165, 1.54) is 11.8 Å². The minimum atomic E-state index is -2.83. The van der Waals surface area contributed by atoms with Gasteiger partial charge in [0.05, 0.1) is 22.5 Å². The number of nitrogens with zero attached hydrogens (tertiary/aromatic N) is 1. The second kappa shape index (κ2) is 4.17. The Hall–Kier alpha value is -1.21. The molecule has 1 fully saturated rings. The van der Waals surface area contributed by atoms with E-state index in [4.69, 9.17) is 5.73 Å². The summed E-state index contributed by atoms with van der Waals surface area (Å²) in [6.45, 7) is 0. The second-order valence-corrected chi connectivity index (χ2v) is 7.98. The van der Waals surface area contributed by atoms with Gasteiger partial charge in [0.15, 0.2) is 15.0 Å². The maximum absolute atomic E-state index is 11.4. The molecule has 3 rings (SSSR count). The van der Waals surface area contributed by atoms with E-state index >= 15 is 0 Å². The Morgan fingerprint density at radius 1 is 1.44 bits per heavy atom. The molecule has 1 aliphatic rings. The van der Waals surface area contributed by atoms with Crippen LogP contribution in [-0.4, -0.2) is 35.1 Å². The van der Waals surface area contributed by atoms with Crippen LogP contribution in [0.5, 0.6) is 0 Å². The molecule has 1 aliphatic heterocycles. The van der Waals surface area contributed by atoms with E-state index in [9.17, 15) is 8.42 Å². The molecule has 0 amide bonds. The molecule has 7 heteroatoms. The molecule has 1 atom stereocenters. The first-order chi connectivity index (χ1) is 8.52. The van der Waals surface area contributed by atoms with Gasteiger partial charge >= 0.3 is 0 Å². The molecule has 3 N–H and O–H groups in total. The van der Waals surface area contributed by atoms with Gasteiger partial charge in [-0.1, -0.05) is 11.8 Å². The largest absolute Gasteiger partial charge is 0.399 e. The third-order valence-corrected chi connectivity index (χ3v) is 6.08. The summed E-state index contributed by atoms with van der Waals surface area (Å²) in [7, 11) is -2.83. The number of aromatic amines is 1. The Bertz CT molecular complexity index is 693. The summed E-state index contributed by atoms with van der Waals surface area (Å²) in [6.07, 6.45) is 0.701. The van der Waals surface area contributed by atoms with E-state index in [-0.39, 0.29) is 16.8 Å². The zero-order chi connectivity index (χ0) is 12.8. The van der Waals surface area contributed by atoms with Crippen LogP contribution in [0.4, 0.5) is 5.69 Å². The highest BCUT2D eigenvalue weighted by molar-refractivity contribution is 8.01. The Morgan fingerprint density at radius 3 is 3.00 bits per heavy atom. The van der Waals surface area contributed by atoms with E-state index in [1.807, 2.05) is 12.1 Å². The minimum Gasteiger partial charge on any atom is -0.399 e. The number of H-pyrrole nitrogens is 1. The predicted molar refractivity (Wildman–Crippen MR) is 73.4 cm³/mol. The van der Waals surface area contributed by atoms with Crippen molar-refractivity contribution in [3.63, 3.8) is 0 Å². The number of fused-ring (bicyclic) bond motifs is 1. The molecule has 0 bridgehead atoms. The average molecular weight is 283 g/mol. The normalized spacial score (nSPS) is 22.6. The van der Waals surface area contributed by atoms with E-state index in [0.29, 0.717) is 12.1 Å². The number of nitrogen functional groups attached to an aromatic ring is 1. The van der Waals surface area contributed by atoms with Crippen LogP contribution in [0.25, 0.3) is 11.0 Å². The van der Waals surface area contributed by atoms with Crippen molar-refractivity contribution < 1.29 is 8.42 Å². The number of rotatable bonds is 2. The molecule has 96 valence electrons. The van der Waals surface area contributed by atoms with E-state index in [2.05, 4.69) is 9.97 Å². The van der Waals surface area contributed by atoms with Crippen LogP contribution in [0.15, 0.2) is 23.4 Å². The van der Waals surface area contributed by atoms with Gasteiger partial charge < -0.3 is 10.7 Å². The maximum Gasteiger partial charge on any atom is 0.166 e. The van der Waals surface area contributed by atoms with Gasteiger partial charge in [0, 0.05) is 10.9 Å². The number of hydrogen-bond donors (Lipinski definition) is 2. The van der Waals surface area contributed by atoms with Crippen molar-refractivity contribution in [2.75, 3.05) is 17.2 Å². The van der Waals surface area contributed by atoms with Gasteiger partial charge in [-0.3, -0.25) is 0 Å². The van der Waals surface area contributed by atoms with Crippen LogP contribution in [0.1, 0.15) is 6.42 Å². The van der Waals surface area contributed by atoms with Gasteiger partial charge in [-0.15, -0.1) is 0 Å². The third kappa shape index (κ3) is 2.32. The maximum atomic E-state index is 11.4. The summed E-state index contributed by atoms with van der Waals surface area (Å²) in [5.74, 6) is 0.536. The zero-order valence-electron chi connectivity index (χ0n) is 9.59. The fourth-order valence-corrected chi connectivity index (χ4v) is 5.53. The molecule has 1 saturated heterocycles. The standard InChI is InChI=1S/C11H13N3O2S2/c12-7-1-2-9-10(5-7)14-11(13-9)17-8-3-4-18(15,16)6-8/h1-2,5,8H,3-4,6,12H2,(H,13,14). The summed E-state index contributed by atoms with van der Waals surface area (Å²) in [5, 5.41) is 0.866. The highest BCUT2D eigenvalue weighted by Gasteiger charge is 2.29. The number of hydrogen-bond acceptors (Lipinski definition) is 5. The van der Waals surface area contributed by atoms with Crippen molar-refractivity contribution in [2.24, 2.45) is 0 Å². The lowest BCUT2D eigenvalue weighted by atomic mass is 10.3. The molecule has 1 aromatic carbocycles. The Balaban J connectivity index is 1.83. The molecule has 1 unspecified atom stereocenters. The highest BCUT2D eigenvalue weighted by Crippen LogP contribution is 2.30. The van der Waals surface area contributed by atoms with Crippen LogP contribution >= 0.6 is 11.8 Å². The second-order valence-electron chi connectivity index (χ2n) is 4.46. The lowest BCUT2D eigenvalue weighted by Gasteiger charge is -2.02. The molecule has 2 heterocycles. The number of anilines is 1. The quantitative estimate of drug-likeness (QED) is 0.814. The fourth-order valence-electron chi connectivity index (χ4n) is 2.07.